The second-order valence-electron chi connectivity index (χ2n) is 5.10. The Morgan fingerprint density at radius 1 is 1.26 bits per heavy atom. The zero-order valence-electron chi connectivity index (χ0n) is 12.8. The third-order valence-corrected chi connectivity index (χ3v) is 3.41. The van der Waals surface area contributed by atoms with Gasteiger partial charge in [-0.15, -0.1) is 0 Å². The minimum Gasteiger partial charge on any atom is -0.360 e. The molecular formula is C14H27N5. The van der Waals surface area contributed by atoms with E-state index in [1.54, 1.807) is 0 Å². The summed E-state index contributed by atoms with van der Waals surface area (Å²) in [6, 6.07) is 2.30. The fourth-order valence-corrected chi connectivity index (χ4v) is 1.81. The zero-order valence-corrected chi connectivity index (χ0v) is 12.8. The van der Waals surface area contributed by atoms with Crippen molar-refractivity contribution in [3.8, 4) is 0 Å². The number of rotatable bonds is 7. The lowest BCUT2D eigenvalue weighted by Crippen LogP contribution is -2.36. The fraction of sp³-hybridized carbons (Fsp3) is 0.714. The van der Waals surface area contributed by atoms with Crippen molar-refractivity contribution < 1.29 is 0 Å². The number of likely N-dealkylation sites (N-methyl/N-ethyl adjacent to an activating group) is 1. The Morgan fingerprint density at radius 3 is 2.47 bits per heavy atom. The van der Waals surface area contributed by atoms with Gasteiger partial charge in [-0.1, -0.05) is 13.3 Å². The van der Waals surface area contributed by atoms with Crippen molar-refractivity contribution in [3.63, 3.8) is 0 Å². The highest BCUT2D eigenvalue weighted by atomic mass is 15.2. The number of nitrogens with two attached hydrogens (primary N) is 1. The highest BCUT2D eigenvalue weighted by Crippen LogP contribution is 2.19. The number of unbranched alkanes of at least 4 members (excludes halogenated alkanes) is 1. The van der Waals surface area contributed by atoms with Crippen LogP contribution in [0.4, 0.5) is 11.6 Å². The van der Waals surface area contributed by atoms with Crippen LogP contribution in [0.3, 0.4) is 0 Å². The van der Waals surface area contributed by atoms with E-state index < -0.39 is 0 Å². The Labute approximate surface area is 116 Å². The minimum atomic E-state index is 0.267. The molecule has 1 aromatic heterocycles. The molecule has 0 aromatic carbocycles. The number of aryl methyl sites for hydroxylation is 1. The average molecular weight is 265 g/mol. The van der Waals surface area contributed by atoms with Gasteiger partial charge in [-0.3, -0.25) is 0 Å². The van der Waals surface area contributed by atoms with E-state index in [2.05, 4.69) is 40.7 Å². The maximum atomic E-state index is 5.72. The summed E-state index contributed by atoms with van der Waals surface area (Å²) >= 11 is 0. The molecule has 0 aliphatic heterocycles. The van der Waals surface area contributed by atoms with Crippen LogP contribution in [0.1, 0.15) is 32.5 Å². The Balaban J connectivity index is 2.93. The molecule has 1 atom stereocenters. The molecule has 19 heavy (non-hydrogen) atoms. The van der Waals surface area contributed by atoms with Crippen LogP contribution in [0.5, 0.6) is 0 Å². The van der Waals surface area contributed by atoms with E-state index in [0.29, 0.717) is 6.54 Å². The molecule has 0 radical (unpaired) electrons. The molecule has 0 bridgehead atoms. The minimum absolute atomic E-state index is 0.267. The predicted molar refractivity (Wildman–Crippen MR) is 81.9 cm³/mol. The van der Waals surface area contributed by atoms with Crippen molar-refractivity contribution in [1.82, 2.24) is 9.97 Å². The van der Waals surface area contributed by atoms with Crippen molar-refractivity contribution in [1.29, 1.82) is 0 Å². The van der Waals surface area contributed by atoms with Crippen molar-refractivity contribution in [2.75, 3.05) is 37.0 Å². The summed E-state index contributed by atoms with van der Waals surface area (Å²) < 4.78 is 0. The number of aromatic nitrogens is 2. The Morgan fingerprint density at radius 2 is 1.89 bits per heavy atom. The largest absolute Gasteiger partial charge is 0.360 e. The molecule has 0 saturated heterocycles. The summed E-state index contributed by atoms with van der Waals surface area (Å²) in [7, 11) is 4.10. The van der Waals surface area contributed by atoms with Gasteiger partial charge in [-0.25, -0.2) is 9.97 Å². The Bertz CT molecular complexity index is 393. The van der Waals surface area contributed by atoms with Crippen molar-refractivity contribution >= 4 is 11.6 Å². The van der Waals surface area contributed by atoms with E-state index in [9.17, 15) is 0 Å². The standard InChI is InChI=1S/C14H27N5/c1-6-7-8-18(4)13-9-14(17-12(3)16-13)19(5)11(2)10-15/h9,11H,6-8,10,15H2,1-5H3. The molecule has 0 saturated carbocycles. The molecular weight excluding hydrogens is 238 g/mol. The van der Waals surface area contributed by atoms with E-state index in [1.165, 1.54) is 12.8 Å². The number of hydrogen-bond donors (Lipinski definition) is 1. The predicted octanol–water partition coefficient (Wildman–Crippen LogP) is 1.80. The van der Waals surface area contributed by atoms with Gasteiger partial charge in [-0.2, -0.15) is 0 Å². The van der Waals surface area contributed by atoms with Gasteiger partial charge in [0.25, 0.3) is 0 Å². The summed E-state index contributed by atoms with van der Waals surface area (Å²) in [4.78, 5) is 13.3. The quantitative estimate of drug-likeness (QED) is 0.814. The van der Waals surface area contributed by atoms with Crippen LogP contribution >= 0.6 is 0 Å². The number of anilines is 2. The molecule has 0 fully saturated rings. The lowest BCUT2D eigenvalue weighted by Gasteiger charge is -2.26. The molecule has 5 nitrogen and oxygen atoms in total. The molecule has 1 unspecified atom stereocenters. The van der Waals surface area contributed by atoms with Crippen LogP contribution < -0.4 is 15.5 Å². The zero-order chi connectivity index (χ0) is 14.4. The second-order valence-corrected chi connectivity index (χ2v) is 5.10. The summed E-state index contributed by atoms with van der Waals surface area (Å²) in [6.07, 6.45) is 2.36. The van der Waals surface area contributed by atoms with Crippen molar-refractivity contribution in [2.24, 2.45) is 5.73 Å². The van der Waals surface area contributed by atoms with Gasteiger partial charge in [-0.05, 0) is 20.3 Å². The lowest BCUT2D eigenvalue weighted by atomic mass is 10.3. The molecule has 0 amide bonds. The van der Waals surface area contributed by atoms with Crippen LogP contribution in [0, 0.1) is 6.92 Å². The van der Waals surface area contributed by atoms with Gasteiger partial charge in [0.1, 0.15) is 17.5 Å². The maximum absolute atomic E-state index is 5.72. The normalized spacial score (nSPS) is 12.3. The monoisotopic (exact) mass is 265 g/mol. The maximum Gasteiger partial charge on any atom is 0.134 e. The first-order chi connectivity index (χ1) is 8.99. The summed E-state index contributed by atoms with van der Waals surface area (Å²) in [6.45, 7) is 7.85. The van der Waals surface area contributed by atoms with Gasteiger partial charge < -0.3 is 15.5 Å². The first-order valence-electron chi connectivity index (χ1n) is 6.99. The molecule has 2 N–H and O–H groups in total. The summed E-state index contributed by atoms with van der Waals surface area (Å²) in [5, 5.41) is 0. The van der Waals surface area contributed by atoms with Gasteiger partial charge in [0, 0.05) is 39.3 Å². The van der Waals surface area contributed by atoms with Crippen LogP contribution in [-0.2, 0) is 0 Å². The highest BCUT2D eigenvalue weighted by Gasteiger charge is 2.13. The van der Waals surface area contributed by atoms with Crippen LogP contribution in [0.25, 0.3) is 0 Å². The Kier molecular flexibility index (Phi) is 6.02. The molecule has 0 aliphatic rings. The first-order valence-corrected chi connectivity index (χ1v) is 6.99. The molecule has 1 aromatic rings. The topological polar surface area (TPSA) is 58.3 Å². The lowest BCUT2D eigenvalue weighted by molar-refractivity contribution is 0.683. The highest BCUT2D eigenvalue weighted by molar-refractivity contribution is 5.50. The SMILES string of the molecule is CCCCN(C)c1cc(N(C)C(C)CN)nc(C)n1. The smallest absolute Gasteiger partial charge is 0.134 e. The van der Waals surface area contributed by atoms with Crippen molar-refractivity contribution in [2.45, 2.75) is 39.7 Å². The van der Waals surface area contributed by atoms with Gasteiger partial charge in [0.15, 0.2) is 0 Å². The van der Waals surface area contributed by atoms with Gasteiger partial charge in [0.2, 0.25) is 0 Å². The Hall–Kier alpha value is -1.36. The average Bonchev–Trinajstić information content (AvgIpc) is 2.42. The van der Waals surface area contributed by atoms with Gasteiger partial charge >= 0.3 is 0 Å². The van der Waals surface area contributed by atoms with Gasteiger partial charge in [0.05, 0.1) is 0 Å². The second kappa shape index (κ2) is 7.28. The van der Waals surface area contributed by atoms with E-state index in [4.69, 9.17) is 5.73 Å². The number of hydrogen-bond acceptors (Lipinski definition) is 5. The molecule has 1 heterocycles. The summed E-state index contributed by atoms with van der Waals surface area (Å²) in [5.74, 6) is 2.71. The van der Waals surface area contributed by atoms with E-state index in [0.717, 1.165) is 24.0 Å². The number of nitrogens with zero attached hydrogens (tertiary/aromatic N) is 4. The molecule has 5 heteroatoms. The fourth-order valence-electron chi connectivity index (χ4n) is 1.81. The van der Waals surface area contributed by atoms with E-state index in [1.807, 2.05) is 20.0 Å². The van der Waals surface area contributed by atoms with E-state index >= 15 is 0 Å². The molecule has 0 spiro atoms. The molecule has 1 rings (SSSR count). The van der Waals surface area contributed by atoms with Crippen LogP contribution in [0.2, 0.25) is 0 Å². The van der Waals surface area contributed by atoms with Crippen LogP contribution in [-0.4, -0.2) is 43.2 Å². The molecule has 0 aliphatic carbocycles. The third kappa shape index (κ3) is 4.35. The first kappa shape index (κ1) is 15.7. The van der Waals surface area contributed by atoms with E-state index in [-0.39, 0.29) is 6.04 Å². The molecule has 108 valence electrons. The third-order valence-electron chi connectivity index (χ3n) is 3.41. The van der Waals surface area contributed by atoms with Crippen molar-refractivity contribution in [3.05, 3.63) is 11.9 Å². The summed E-state index contributed by atoms with van der Waals surface area (Å²) in [5.41, 5.74) is 5.72. The van der Waals surface area contributed by atoms with Crippen LogP contribution in [0.15, 0.2) is 6.07 Å².